The molecule has 0 aliphatic heterocycles. The zero-order valence-electron chi connectivity index (χ0n) is 7.22. The Morgan fingerprint density at radius 1 is 1.29 bits per heavy atom. The summed E-state index contributed by atoms with van der Waals surface area (Å²) in [6.07, 6.45) is -4.32. The monoisotopic (exact) mass is 239 g/mol. The smallest absolute Gasteiger partial charge is 0.263 e. The second-order valence-electron chi connectivity index (χ2n) is 2.52. The van der Waals surface area contributed by atoms with Crippen LogP contribution in [0.4, 0.5) is 13.2 Å². The summed E-state index contributed by atoms with van der Waals surface area (Å²) in [5.41, 5.74) is -0.678. The lowest BCUT2D eigenvalue weighted by molar-refractivity contribution is -0.137. The van der Waals surface area contributed by atoms with Gasteiger partial charge < -0.3 is 0 Å². The van der Waals surface area contributed by atoms with E-state index in [0.29, 0.717) is 9.79 Å². The molecule has 0 aliphatic carbocycles. The third kappa shape index (κ3) is 3.11. The molecule has 0 saturated carbocycles. The first-order valence-corrected chi connectivity index (χ1v) is 4.94. The molecular formula is C8H8F3NS2. The second kappa shape index (κ2) is 4.46. The maximum Gasteiger partial charge on any atom is 0.416 e. The summed E-state index contributed by atoms with van der Waals surface area (Å²) in [5.74, 6) is 0. The number of halogens is 3. The van der Waals surface area contributed by atoms with Gasteiger partial charge in [-0.05, 0) is 37.2 Å². The van der Waals surface area contributed by atoms with Crippen LogP contribution in [0, 0.1) is 0 Å². The fourth-order valence-electron chi connectivity index (χ4n) is 0.924. The molecule has 0 spiro atoms. The lowest BCUT2D eigenvalue weighted by Gasteiger charge is -2.09. The first-order valence-electron chi connectivity index (χ1n) is 3.68. The van der Waals surface area contributed by atoms with Crippen LogP contribution >= 0.6 is 24.6 Å². The number of thiol groups is 1. The Bertz CT molecular complexity index is 325. The van der Waals surface area contributed by atoms with Crippen molar-refractivity contribution in [3.8, 4) is 0 Å². The number of alkyl halides is 3. The Morgan fingerprint density at radius 2 is 1.93 bits per heavy atom. The van der Waals surface area contributed by atoms with Crippen LogP contribution in [-0.2, 0) is 6.18 Å². The molecule has 78 valence electrons. The molecule has 1 aromatic rings. The van der Waals surface area contributed by atoms with Crippen molar-refractivity contribution >= 4 is 24.6 Å². The minimum atomic E-state index is -4.32. The van der Waals surface area contributed by atoms with Crippen LogP contribution < -0.4 is 4.72 Å². The van der Waals surface area contributed by atoms with Crippen LogP contribution in [0.15, 0.2) is 28.0 Å². The molecule has 0 aromatic heterocycles. The van der Waals surface area contributed by atoms with Gasteiger partial charge >= 0.3 is 6.18 Å². The maximum atomic E-state index is 12.3. The lowest BCUT2D eigenvalue weighted by Crippen LogP contribution is -2.05. The van der Waals surface area contributed by atoms with Crippen molar-refractivity contribution in [3.05, 3.63) is 23.8 Å². The predicted octanol–water partition coefficient (Wildman–Crippen LogP) is 3.22. The molecule has 0 fully saturated rings. The minimum Gasteiger partial charge on any atom is -0.263 e. The Labute approximate surface area is 89.6 Å². The van der Waals surface area contributed by atoms with Gasteiger partial charge in [0, 0.05) is 9.79 Å². The van der Waals surface area contributed by atoms with E-state index in [9.17, 15) is 13.2 Å². The first-order chi connectivity index (χ1) is 6.43. The fourth-order valence-corrected chi connectivity index (χ4v) is 1.90. The second-order valence-corrected chi connectivity index (χ2v) is 4.12. The van der Waals surface area contributed by atoms with E-state index in [4.69, 9.17) is 0 Å². The standard InChI is InChI=1S/C8H8F3NS2/c1-12-14-7-3-5(8(9,10)11)2-6(13)4-7/h2-4,12-13H,1H3. The number of rotatable bonds is 2. The predicted molar refractivity (Wildman–Crippen MR) is 53.6 cm³/mol. The van der Waals surface area contributed by atoms with Gasteiger partial charge in [-0.2, -0.15) is 13.2 Å². The molecule has 6 heteroatoms. The van der Waals surface area contributed by atoms with Crippen LogP contribution in [0.1, 0.15) is 5.56 Å². The Kier molecular flexibility index (Phi) is 3.74. The molecule has 1 rings (SSSR count). The van der Waals surface area contributed by atoms with Gasteiger partial charge in [0.15, 0.2) is 0 Å². The van der Waals surface area contributed by atoms with Crippen molar-refractivity contribution < 1.29 is 13.2 Å². The first kappa shape index (κ1) is 11.7. The average Bonchev–Trinajstić information content (AvgIpc) is 2.02. The van der Waals surface area contributed by atoms with Gasteiger partial charge in [-0.1, -0.05) is 0 Å². The SMILES string of the molecule is CNSc1cc(S)cc(C(F)(F)F)c1. The molecule has 0 amide bonds. The van der Waals surface area contributed by atoms with Gasteiger partial charge in [-0.15, -0.1) is 12.6 Å². The number of nitrogens with one attached hydrogen (secondary N) is 1. The third-order valence-corrected chi connectivity index (χ3v) is 2.37. The summed E-state index contributed by atoms with van der Waals surface area (Å²) >= 11 is 5.03. The van der Waals surface area contributed by atoms with Gasteiger partial charge in [0.25, 0.3) is 0 Å². The van der Waals surface area contributed by atoms with Crippen molar-refractivity contribution in [3.63, 3.8) is 0 Å². The van der Waals surface area contributed by atoms with E-state index < -0.39 is 11.7 Å². The van der Waals surface area contributed by atoms with Crippen molar-refractivity contribution in [1.29, 1.82) is 0 Å². The van der Waals surface area contributed by atoms with Gasteiger partial charge in [-0.25, -0.2) is 0 Å². The molecule has 0 atom stereocenters. The maximum absolute atomic E-state index is 12.3. The van der Waals surface area contributed by atoms with E-state index in [1.807, 2.05) is 0 Å². The van der Waals surface area contributed by atoms with E-state index >= 15 is 0 Å². The summed E-state index contributed by atoms with van der Waals surface area (Å²) in [6.45, 7) is 0. The van der Waals surface area contributed by atoms with E-state index in [1.165, 1.54) is 0 Å². The summed E-state index contributed by atoms with van der Waals surface area (Å²) in [7, 11) is 1.64. The zero-order chi connectivity index (χ0) is 10.8. The van der Waals surface area contributed by atoms with Crippen LogP contribution in [0.25, 0.3) is 0 Å². The molecule has 1 N–H and O–H groups in total. The highest BCUT2D eigenvalue weighted by molar-refractivity contribution is 7.97. The molecule has 0 heterocycles. The minimum absolute atomic E-state index is 0.303. The highest BCUT2D eigenvalue weighted by atomic mass is 32.2. The molecular weight excluding hydrogens is 231 g/mol. The lowest BCUT2D eigenvalue weighted by atomic mass is 10.2. The topological polar surface area (TPSA) is 12.0 Å². The zero-order valence-corrected chi connectivity index (χ0v) is 8.93. The molecule has 1 aromatic carbocycles. The highest BCUT2D eigenvalue weighted by Gasteiger charge is 2.30. The number of hydrogen-bond donors (Lipinski definition) is 2. The van der Waals surface area contributed by atoms with Crippen molar-refractivity contribution in [2.24, 2.45) is 0 Å². The molecule has 1 nitrogen and oxygen atoms in total. The fraction of sp³-hybridized carbons (Fsp3) is 0.250. The van der Waals surface area contributed by atoms with E-state index in [1.54, 1.807) is 13.1 Å². The summed E-state index contributed by atoms with van der Waals surface area (Å²) in [4.78, 5) is 0.796. The molecule has 14 heavy (non-hydrogen) atoms. The van der Waals surface area contributed by atoms with Crippen LogP contribution in [0.5, 0.6) is 0 Å². The Hall–Kier alpha value is -0.330. The molecule has 0 bridgehead atoms. The summed E-state index contributed by atoms with van der Waals surface area (Å²) in [5, 5.41) is 0. The van der Waals surface area contributed by atoms with E-state index in [2.05, 4.69) is 17.4 Å². The number of hydrogen-bond acceptors (Lipinski definition) is 3. The third-order valence-electron chi connectivity index (χ3n) is 1.44. The van der Waals surface area contributed by atoms with Crippen LogP contribution in [-0.4, -0.2) is 7.05 Å². The van der Waals surface area contributed by atoms with E-state index in [0.717, 1.165) is 24.1 Å². The van der Waals surface area contributed by atoms with Gasteiger partial charge in [0.1, 0.15) is 0 Å². The van der Waals surface area contributed by atoms with E-state index in [-0.39, 0.29) is 0 Å². The van der Waals surface area contributed by atoms with Gasteiger partial charge in [0.2, 0.25) is 0 Å². The quantitative estimate of drug-likeness (QED) is 0.607. The normalized spacial score (nSPS) is 11.8. The van der Waals surface area contributed by atoms with Crippen molar-refractivity contribution in [2.45, 2.75) is 16.0 Å². The summed E-state index contributed by atoms with van der Waals surface area (Å²) in [6, 6.07) is 3.66. The molecule has 0 radical (unpaired) electrons. The van der Waals surface area contributed by atoms with Gasteiger partial charge in [-0.3, -0.25) is 4.72 Å². The summed E-state index contributed by atoms with van der Waals surface area (Å²) < 4.78 is 39.7. The molecule has 0 saturated heterocycles. The average molecular weight is 239 g/mol. The Balaban J connectivity index is 3.07. The van der Waals surface area contributed by atoms with Crippen LogP contribution in [0.3, 0.4) is 0 Å². The number of benzene rings is 1. The highest BCUT2D eigenvalue weighted by Crippen LogP contribution is 2.33. The van der Waals surface area contributed by atoms with Crippen LogP contribution in [0.2, 0.25) is 0 Å². The van der Waals surface area contributed by atoms with Gasteiger partial charge in [0.05, 0.1) is 5.56 Å². The molecule has 0 unspecified atom stereocenters. The largest absolute Gasteiger partial charge is 0.416 e. The molecule has 0 aliphatic rings. The Morgan fingerprint density at radius 3 is 2.43 bits per heavy atom. The van der Waals surface area contributed by atoms with Crippen molar-refractivity contribution in [1.82, 2.24) is 4.72 Å². The van der Waals surface area contributed by atoms with Crippen molar-refractivity contribution in [2.75, 3.05) is 7.05 Å².